The van der Waals surface area contributed by atoms with E-state index in [0.29, 0.717) is 0 Å². The van der Waals surface area contributed by atoms with Gasteiger partial charge in [0.15, 0.2) is 11.6 Å². The number of unbranched alkanes of at least 4 members (excludes halogenated alkanes) is 3. The van der Waals surface area contributed by atoms with E-state index < -0.39 is 0 Å². The molecule has 0 fully saturated rings. The summed E-state index contributed by atoms with van der Waals surface area (Å²) in [6, 6.07) is 11.9. The molecule has 0 aromatic heterocycles. The number of carbonyl (C=O) groups is 2. The van der Waals surface area contributed by atoms with Crippen molar-refractivity contribution in [3.8, 4) is 0 Å². The summed E-state index contributed by atoms with van der Waals surface area (Å²) in [4.78, 5) is 28.1. The van der Waals surface area contributed by atoms with Crippen LogP contribution in [0.5, 0.6) is 0 Å². The lowest BCUT2D eigenvalue weighted by Crippen LogP contribution is -2.22. The van der Waals surface area contributed by atoms with Crippen LogP contribution in [0.25, 0.3) is 0 Å². The minimum Gasteiger partial charge on any atom is -0.340 e. The summed E-state index contributed by atoms with van der Waals surface area (Å²) in [6.07, 6.45) is 4.80. The van der Waals surface area contributed by atoms with Gasteiger partial charge in [0.2, 0.25) is 0 Å². The number of rotatable bonds is 7. The van der Waals surface area contributed by atoms with Crippen molar-refractivity contribution in [2.75, 3.05) is 11.4 Å². The summed E-state index contributed by atoms with van der Waals surface area (Å²) >= 11 is 1.65. The Morgan fingerprint density at radius 3 is 1.85 bits per heavy atom. The van der Waals surface area contributed by atoms with Crippen LogP contribution in [0.2, 0.25) is 0 Å². The van der Waals surface area contributed by atoms with Gasteiger partial charge in [0.1, 0.15) is 0 Å². The molecule has 3 rings (SSSR count). The van der Waals surface area contributed by atoms with Crippen molar-refractivity contribution in [1.82, 2.24) is 0 Å². The van der Waals surface area contributed by atoms with Gasteiger partial charge in [-0.15, -0.1) is 0 Å². The third-order valence-corrected chi connectivity index (χ3v) is 5.86. The molecule has 0 amide bonds. The number of carbonyl (C=O) groups excluding carboxylic acids is 2. The van der Waals surface area contributed by atoms with E-state index in [0.717, 1.165) is 45.3 Å². The Morgan fingerprint density at radius 2 is 1.38 bits per heavy atom. The zero-order valence-electron chi connectivity index (χ0n) is 15.7. The van der Waals surface area contributed by atoms with Crippen LogP contribution in [0.1, 0.15) is 67.2 Å². The van der Waals surface area contributed by atoms with E-state index >= 15 is 0 Å². The SMILES string of the molecule is CCCCCCN1c2ccc(C(C)=O)cc2Sc2cc(C(C)=O)ccc21. The van der Waals surface area contributed by atoms with Crippen molar-refractivity contribution in [2.24, 2.45) is 0 Å². The zero-order chi connectivity index (χ0) is 18.7. The maximum Gasteiger partial charge on any atom is 0.159 e. The molecule has 136 valence electrons. The Hall–Kier alpha value is -2.07. The second kappa shape index (κ2) is 8.09. The first-order valence-corrected chi connectivity index (χ1v) is 10.1. The lowest BCUT2D eigenvalue weighted by Gasteiger charge is -2.33. The van der Waals surface area contributed by atoms with Crippen molar-refractivity contribution in [3.63, 3.8) is 0 Å². The molecule has 2 aromatic carbocycles. The Morgan fingerprint density at radius 1 is 0.846 bits per heavy atom. The first-order valence-electron chi connectivity index (χ1n) is 9.26. The number of benzene rings is 2. The van der Waals surface area contributed by atoms with Crippen LogP contribution < -0.4 is 4.90 Å². The molecule has 0 saturated heterocycles. The van der Waals surface area contributed by atoms with Crippen LogP contribution in [0.15, 0.2) is 46.2 Å². The molecule has 0 aliphatic carbocycles. The van der Waals surface area contributed by atoms with Crippen LogP contribution in [0.3, 0.4) is 0 Å². The lowest BCUT2D eigenvalue weighted by molar-refractivity contribution is 0.100. The van der Waals surface area contributed by atoms with Gasteiger partial charge >= 0.3 is 0 Å². The number of hydrogen-bond donors (Lipinski definition) is 0. The monoisotopic (exact) mass is 367 g/mol. The summed E-state index contributed by atoms with van der Waals surface area (Å²) in [6.45, 7) is 6.35. The van der Waals surface area contributed by atoms with Gasteiger partial charge in [0, 0.05) is 27.5 Å². The van der Waals surface area contributed by atoms with Gasteiger partial charge in [0.25, 0.3) is 0 Å². The molecule has 26 heavy (non-hydrogen) atoms. The second-order valence-corrected chi connectivity index (χ2v) is 7.88. The minimum absolute atomic E-state index is 0.0752. The summed E-state index contributed by atoms with van der Waals surface area (Å²) in [5.41, 5.74) is 3.76. The number of anilines is 2. The predicted octanol–water partition coefficient (Wildman–Crippen LogP) is 6.27. The highest BCUT2D eigenvalue weighted by atomic mass is 32.2. The largest absolute Gasteiger partial charge is 0.340 e. The Kier molecular flexibility index (Phi) is 5.82. The van der Waals surface area contributed by atoms with Crippen LogP contribution in [0.4, 0.5) is 11.4 Å². The molecule has 3 nitrogen and oxygen atoms in total. The van der Waals surface area contributed by atoms with Gasteiger partial charge in [-0.3, -0.25) is 9.59 Å². The first-order chi connectivity index (χ1) is 12.5. The number of fused-ring (bicyclic) bond motifs is 2. The Bertz CT molecular complexity index is 781. The average Bonchev–Trinajstić information content (AvgIpc) is 2.63. The molecule has 1 aliphatic rings. The molecule has 0 bridgehead atoms. The normalized spacial score (nSPS) is 12.5. The maximum absolute atomic E-state index is 11.8. The van der Waals surface area contributed by atoms with E-state index in [-0.39, 0.29) is 11.6 Å². The minimum atomic E-state index is 0.0752. The molecular formula is C22H25NO2S. The average molecular weight is 368 g/mol. The molecule has 1 aliphatic heterocycles. The van der Waals surface area contributed by atoms with E-state index in [2.05, 4.69) is 24.0 Å². The Labute approximate surface area is 159 Å². The fourth-order valence-corrected chi connectivity index (χ4v) is 4.44. The van der Waals surface area contributed by atoms with Crippen molar-refractivity contribution in [2.45, 2.75) is 56.2 Å². The van der Waals surface area contributed by atoms with Crippen LogP contribution in [-0.4, -0.2) is 18.1 Å². The highest BCUT2D eigenvalue weighted by Crippen LogP contribution is 2.48. The number of nitrogens with zero attached hydrogens (tertiary/aromatic N) is 1. The predicted molar refractivity (Wildman–Crippen MR) is 108 cm³/mol. The fraction of sp³-hybridized carbons (Fsp3) is 0.364. The van der Waals surface area contributed by atoms with Gasteiger partial charge in [-0.25, -0.2) is 0 Å². The maximum atomic E-state index is 11.8. The summed E-state index contributed by atoms with van der Waals surface area (Å²) in [5.74, 6) is 0.150. The molecule has 0 unspecified atom stereocenters. The third kappa shape index (κ3) is 3.85. The smallest absolute Gasteiger partial charge is 0.159 e. The molecule has 2 aromatic rings. The second-order valence-electron chi connectivity index (χ2n) is 6.79. The van der Waals surface area contributed by atoms with E-state index in [4.69, 9.17) is 0 Å². The van der Waals surface area contributed by atoms with E-state index in [1.165, 1.54) is 19.3 Å². The lowest BCUT2D eigenvalue weighted by atomic mass is 10.1. The topological polar surface area (TPSA) is 37.4 Å². The molecule has 4 heteroatoms. The standard InChI is InChI=1S/C22H25NO2S/c1-4-5-6-7-12-23-19-10-8-17(15(2)24)13-21(19)26-22-14-18(16(3)25)9-11-20(22)23/h8-11,13-14H,4-7,12H2,1-3H3. The summed E-state index contributed by atoms with van der Waals surface area (Å²) in [7, 11) is 0. The number of ketones is 2. The molecule has 0 spiro atoms. The van der Waals surface area contributed by atoms with Crippen molar-refractivity contribution >= 4 is 34.7 Å². The molecule has 1 heterocycles. The van der Waals surface area contributed by atoms with Crippen molar-refractivity contribution in [1.29, 1.82) is 0 Å². The van der Waals surface area contributed by atoms with E-state index in [9.17, 15) is 9.59 Å². The highest BCUT2D eigenvalue weighted by molar-refractivity contribution is 7.99. The summed E-state index contributed by atoms with van der Waals surface area (Å²) in [5, 5.41) is 0. The van der Waals surface area contributed by atoms with Crippen LogP contribution >= 0.6 is 11.8 Å². The van der Waals surface area contributed by atoms with Gasteiger partial charge in [0.05, 0.1) is 11.4 Å². The molecule has 0 radical (unpaired) electrons. The van der Waals surface area contributed by atoms with E-state index in [1.54, 1.807) is 25.6 Å². The van der Waals surface area contributed by atoms with E-state index in [1.807, 2.05) is 24.3 Å². The molecule has 0 N–H and O–H groups in total. The summed E-state index contributed by atoms with van der Waals surface area (Å²) < 4.78 is 0. The molecule has 0 atom stereocenters. The van der Waals surface area contributed by atoms with Crippen molar-refractivity contribution < 1.29 is 9.59 Å². The van der Waals surface area contributed by atoms with Gasteiger partial charge < -0.3 is 4.90 Å². The molecule has 0 saturated carbocycles. The van der Waals surface area contributed by atoms with Gasteiger partial charge in [-0.2, -0.15) is 0 Å². The van der Waals surface area contributed by atoms with Crippen molar-refractivity contribution in [3.05, 3.63) is 47.5 Å². The third-order valence-electron chi connectivity index (χ3n) is 4.77. The Balaban J connectivity index is 1.99. The van der Waals surface area contributed by atoms with Crippen LogP contribution in [-0.2, 0) is 0 Å². The van der Waals surface area contributed by atoms with Crippen LogP contribution in [0, 0.1) is 0 Å². The number of Topliss-reactive ketones (excluding diaryl/α,β-unsaturated/α-hetero) is 2. The fourth-order valence-electron chi connectivity index (χ4n) is 3.26. The highest BCUT2D eigenvalue weighted by Gasteiger charge is 2.24. The molecular weight excluding hydrogens is 342 g/mol. The zero-order valence-corrected chi connectivity index (χ0v) is 16.5. The van der Waals surface area contributed by atoms with Gasteiger partial charge in [-0.1, -0.05) is 37.9 Å². The number of hydrogen-bond acceptors (Lipinski definition) is 4. The quantitative estimate of drug-likeness (QED) is 0.426. The first kappa shape index (κ1) is 18.7. The van der Waals surface area contributed by atoms with Gasteiger partial charge in [-0.05, 0) is 56.7 Å².